The summed E-state index contributed by atoms with van der Waals surface area (Å²) in [5.41, 5.74) is -0.00262. The Balaban J connectivity index is 1.30. The van der Waals surface area contributed by atoms with Crippen molar-refractivity contribution in [3.05, 3.63) is 40.2 Å². The highest BCUT2D eigenvalue weighted by Gasteiger charge is 2.30. The summed E-state index contributed by atoms with van der Waals surface area (Å²) in [7, 11) is 0. The molecule has 0 bridgehead atoms. The van der Waals surface area contributed by atoms with Gasteiger partial charge in [-0.3, -0.25) is 15.0 Å². The molecule has 0 aromatic carbocycles. The number of aromatic nitrogens is 3. The van der Waals surface area contributed by atoms with Crippen LogP contribution in [0.5, 0.6) is 0 Å². The minimum atomic E-state index is -0.450. The Kier molecular flexibility index (Phi) is 3.85. The number of anilines is 1. The van der Waals surface area contributed by atoms with E-state index < -0.39 is 4.92 Å². The molecule has 2 aromatic rings. The van der Waals surface area contributed by atoms with Crippen LogP contribution in [0.1, 0.15) is 36.9 Å². The van der Waals surface area contributed by atoms with Gasteiger partial charge in [0.1, 0.15) is 12.0 Å². The van der Waals surface area contributed by atoms with Crippen LogP contribution in [0.2, 0.25) is 0 Å². The van der Waals surface area contributed by atoms with E-state index in [9.17, 15) is 10.1 Å². The van der Waals surface area contributed by atoms with Crippen LogP contribution in [0.4, 0.5) is 11.5 Å². The first kappa shape index (κ1) is 15.0. The molecule has 1 saturated carbocycles. The molecule has 4 rings (SSSR count). The van der Waals surface area contributed by atoms with E-state index in [1.54, 1.807) is 6.07 Å². The smallest absolute Gasteiger partial charge is 0.287 e. The molecule has 1 aliphatic heterocycles. The maximum absolute atomic E-state index is 10.6. The molecule has 1 atom stereocenters. The number of pyridine rings is 1. The number of hydrogen-bond donors (Lipinski definition) is 1. The van der Waals surface area contributed by atoms with Crippen molar-refractivity contribution >= 4 is 11.5 Å². The minimum Gasteiger partial charge on any atom is -0.366 e. The standard InChI is InChI=1S/C15H18N6O3/c22-21(23)12-3-4-13(16-7-12)17-11-5-6-20(8-11)9-14-18-15(24-19-14)10-1-2-10/h3-4,7,10-11H,1-2,5-6,8-9H2,(H,16,17). The quantitative estimate of drug-likeness (QED) is 0.632. The van der Waals surface area contributed by atoms with E-state index >= 15 is 0 Å². The SMILES string of the molecule is O=[N+]([O-])c1ccc(NC2CCN(Cc3noc(C4CC4)n3)C2)nc1. The molecule has 1 aliphatic carbocycles. The van der Waals surface area contributed by atoms with Gasteiger partial charge in [-0.1, -0.05) is 5.16 Å². The highest BCUT2D eigenvalue weighted by Crippen LogP contribution is 2.38. The fourth-order valence-corrected chi connectivity index (χ4v) is 2.91. The van der Waals surface area contributed by atoms with E-state index in [1.165, 1.54) is 12.3 Å². The van der Waals surface area contributed by atoms with Crippen LogP contribution in [0.25, 0.3) is 0 Å². The van der Waals surface area contributed by atoms with Crippen LogP contribution >= 0.6 is 0 Å². The van der Waals surface area contributed by atoms with Gasteiger partial charge in [0.2, 0.25) is 5.89 Å². The molecule has 126 valence electrons. The molecular formula is C15H18N6O3. The van der Waals surface area contributed by atoms with E-state index in [1.807, 2.05) is 0 Å². The summed E-state index contributed by atoms with van der Waals surface area (Å²) in [6.45, 7) is 2.48. The van der Waals surface area contributed by atoms with Crippen LogP contribution in [0.15, 0.2) is 22.9 Å². The second-order valence-corrected chi connectivity index (χ2v) is 6.35. The molecule has 9 heteroatoms. The van der Waals surface area contributed by atoms with Gasteiger partial charge >= 0.3 is 0 Å². The van der Waals surface area contributed by atoms with Gasteiger partial charge < -0.3 is 9.84 Å². The molecule has 1 N–H and O–H groups in total. The van der Waals surface area contributed by atoms with Crippen LogP contribution < -0.4 is 5.32 Å². The molecule has 2 aromatic heterocycles. The zero-order valence-corrected chi connectivity index (χ0v) is 13.1. The first-order valence-corrected chi connectivity index (χ1v) is 8.09. The molecule has 1 unspecified atom stereocenters. The van der Waals surface area contributed by atoms with E-state index in [2.05, 4.69) is 25.3 Å². The van der Waals surface area contributed by atoms with Crippen molar-refractivity contribution in [1.29, 1.82) is 0 Å². The lowest BCUT2D eigenvalue weighted by atomic mass is 10.2. The van der Waals surface area contributed by atoms with Crippen LogP contribution in [0.3, 0.4) is 0 Å². The third kappa shape index (κ3) is 3.35. The lowest BCUT2D eigenvalue weighted by molar-refractivity contribution is -0.385. The molecule has 9 nitrogen and oxygen atoms in total. The second kappa shape index (κ2) is 6.16. The topological polar surface area (TPSA) is 110 Å². The monoisotopic (exact) mass is 330 g/mol. The first-order chi connectivity index (χ1) is 11.7. The maximum atomic E-state index is 10.6. The Morgan fingerprint density at radius 1 is 1.38 bits per heavy atom. The summed E-state index contributed by atoms with van der Waals surface area (Å²) in [5.74, 6) is 2.65. The number of likely N-dealkylation sites (tertiary alicyclic amines) is 1. The van der Waals surface area contributed by atoms with Gasteiger partial charge in [0.25, 0.3) is 5.69 Å². The average molecular weight is 330 g/mol. The van der Waals surface area contributed by atoms with Crippen molar-refractivity contribution in [1.82, 2.24) is 20.0 Å². The number of rotatable bonds is 6. The van der Waals surface area contributed by atoms with E-state index in [0.717, 1.165) is 44.1 Å². The molecule has 3 heterocycles. The van der Waals surface area contributed by atoms with Crippen molar-refractivity contribution < 1.29 is 9.45 Å². The molecule has 0 amide bonds. The highest BCUT2D eigenvalue weighted by molar-refractivity contribution is 5.41. The summed E-state index contributed by atoms with van der Waals surface area (Å²) in [6.07, 6.45) is 4.55. The Morgan fingerprint density at radius 3 is 2.96 bits per heavy atom. The predicted molar refractivity (Wildman–Crippen MR) is 84.5 cm³/mol. The third-order valence-electron chi connectivity index (χ3n) is 4.36. The van der Waals surface area contributed by atoms with Crippen molar-refractivity contribution in [3.8, 4) is 0 Å². The van der Waals surface area contributed by atoms with Crippen LogP contribution in [0, 0.1) is 10.1 Å². The third-order valence-corrected chi connectivity index (χ3v) is 4.36. The average Bonchev–Trinajstić information content (AvgIpc) is 3.17. The van der Waals surface area contributed by atoms with Gasteiger partial charge in [0.05, 0.1) is 11.5 Å². The fourth-order valence-electron chi connectivity index (χ4n) is 2.91. The van der Waals surface area contributed by atoms with Crippen molar-refractivity contribution in [2.45, 2.75) is 37.8 Å². The van der Waals surface area contributed by atoms with Crippen molar-refractivity contribution in [2.75, 3.05) is 18.4 Å². The molecule has 0 spiro atoms. The highest BCUT2D eigenvalue weighted by atomic mass is 16.6. The molecule has 2 aliphatic rings. The Hall–Kier alpha value is -2.55. The molecule has 0 radical (unpaired) electrons. The van der Waals surface area contributed by atoms with Gasteiger partial charge in [0, 0.05) is 31.1 Å². The maximum Gasteiger partial charge on any atom is 0.287 e. The zero-order valence-electron chi connectivity index (χ0n) is 13.1. The largest absolute Gasteiger partial charge is 0.366 e. The van der Waals surface area contributed by atoms with Crippen LogP contribution in [-0.2, 0) is 6.54 Å². The second-order valence-electron chi connectivity index (χ2n) is 6.35. The minimum absolute atomic E-state index is 0.00262. The summed E-state index contributed by atoms with van der Waals surface area (Å²) >= 11 is 0. The number of hydrogen-bond acceptors (Lipinski definition) is 8. The van der Waals surface area contributed by atoms with E-state index in [4.69, 9.17) is 4.52 Å². The van der Waals surface area contributed by atoms with Crippen molar-refractivity contribution in [2.24, 2.45) is 0 Å². The lowest BCUT2D eigenvalue weighted by Gasteiger charge is -2.15. The zero-order chi connectivity index (χ0) is 16.5. The summed E-state index contributed by atoms with van der Waals surface area (Å²) < 4.78 is 5.28. The predicted octanol–water partition coefficient (Wildman–Crippen LogP) is 1.94. The van der Waals surface area contributed by atoms with Gasteiger partial charge in [-0.25, -0.2) is 4.98 Å². The Bertz CT molecular complexity index is 727. The van der Waals surface area contributed by atoms with Gasteiger partial charge in [-0.2, -0.15) is 4.98 Å². The number of nitro groups is 1. The molecular weight excluding hydrogens is 312 g/mol. The molecule has 1 saturated heterocycles. The first-order valence-electron chi connectivity index (χ1n) is 8.09. The van der Waals surface area contributed by atoms with Crippen LogP contribution in [-0.4, -0.2) is 44.1 Å². The molecule has 24 heavy (non-hydrogen) atoms. The van der Waals surface area contributed by atoms with E-state index in [0.29, 0.717) is 18.3 Å². The Morgan fingerprint density at radius 2 is 2.25 bits per heavy atom. The lowest BCUT2D eigenvalue weighted by Crippen LogP contribution is -2.26. The number of nitrogens with zero attached hydrogens (tertiary/aromatic N) is 5. The van der Waals surface area contributed by atoms with Gasteiger partial charge in [-0.15, -0.1) is 0 Å². The summed E-state index contributed by atoms with van der Waals surface area (Å²) in [6, 6.07) is 3.36. The Labute approximate surface area is 138 Å². The normalized spacial score (nSPS) is 21.1. The summed E-state index contributed by atoms with van der Waals surface area (Å²) in [4.78, 5) is 21.0. The van der Waals surface area contributed by atoms with E-state index in [-0.39, 0.29) is 11.7 Å². The fraction of sp³-hybridized carbons (Fsp3) is 0.533. The van der Waals surface area contributed by atoms with Crippen molar-refractivity contribution in [3.63, 3.8) is 0 Å². The van der Waals surface area contributed by atoms with Gasteiger partial charge in [-0.05, 0) is 25.3 Å². The molecule has 2 fully saturated rings. The summed E-state index contributed by atoms with van der Waals surface area (Å²) in [5, 5.41) is 18.0. The van der Waals surface area contributed by atoms with Gasteiger partial charge in [0.15, 0.2) is 5.82 Å². The number of nitrogens with one attached hydrogen (secondary N) is 1.